The zero-order chi connectivity index (χ0) is 10.4. The molecule has 0 unspecified atom stereocenters. The summed E-state index contributed by atoms with van der Waals surface area (Å²) in [6.07, 6.45) is -0.958. The van der Waals surface area contributed by atoms with E-state index in [0.717, 1.165) is 0 Å². The van der Waals surface area contributed by atoms with Gasteiger partial charge in [0, 0.05) is 0 Å². The van der Waals surface area contributed by atoms with E-state index in [1.54, 1.807) is 0 Å². The van der Waals surface area contributed by atoms with Gasteiger partial charge in [-0.05, 0) is 6.92 Å². The normalized spacial score (nSPS) is 14.7. The SMILES string of the molecule is C[C@@H](O)CC(=O)OC[C@H](N)C(=O)O. The van der Waals surface area contributed by atoms with Crippen LogP contribution in [0.15, 0.2) is 0 Å². The number of carboxylic acid groups (broad SMARTS) is 1. The maximum Gasteiger partial charge on any atom is 0.324 e. The summed E-state index contributed by atoms with van der Waals surface area (Å²) in [5, 5.41) is 17.1. The van der Waals surface area contributed by atoms with Gasteiger partial charge in [0.05, 0.1) is 12.5 Å². The number of carboxylic acids is 1. The van der Waals surface area contributed by atoms with Crippen molar-refractivity contribution in [2.24, 2.45) is 5.73 Å². The second kappa shape index (κ2) is 5.50. The summed E-state index contributed by atoms with van der Waals surface area (Å²) in [5.74, 6) is -1.89. The average molecular weight is 191 g/mol. The van der Waals surface area contributed by atoms with Gasteiger partial charge in [-0.15, -0.1) is 0 Å². The predicted octanol–water partition coefficient (Wildman–Crippen LogP) is -1.29. The van der Waals surface area contributed by atoms with Crippen LogP contribution in [0.1, 0.15) is 13.3 Å². The third kappa shape index (κ3) is 6.06. The Kier molecular flexibility index (Phi) is 5.01. The summed E-state index contributed by atoms with van der Waals surface area (Å²) in [6, 6.07) is -1.21. The van der Waals surface area contributed by atoms with Crippen molar-refractivity contribution in [2.45, 2.75) is 25.5 Å². The van der Waals surface area contributed by atoms with Crippen LogP contribution in [0.25, 0.3) is 0 Å². The highest BCUT2D eigenvalue weighted by Crippen LogP contribution is 1.93. The highest BCUT2D eigenvalue weighted by Gasteiger charge is 2.14. The molecule has 0 spiro atoms. The molecule has 0 aliphatic rings. The lowest BCUT2D eigenvalue weighted by molar-refractivity contribution is -0.149. The Morgan fingerprint density at radius 2 is 2.08 bits per heavy atom. The van der Waals surface area contributed by atoms with Gasteiger partial charge in [-0.2, -0.15) is 0 Å². The summed E-state index contributed by atoms with van der Waals surface area (Å²) in [5.41, 5.74) is 5.06. The molecule has 0 radical (unpaired) electrons. The molecule has 0 aromatic rings. The molecule has 0 bridgehead atoms. The van der Waals surface area contributed by atoms with E-state index in [-0.39, 0.29) is 13.0 Å². The molecule has 0 aliphatic heterocycles. The van der Waals surface area contributed by atoms with E-state index < -0.39 is 24.1 Å². The van der Waals surface area contributed by atoms with E-state index in [0.29, 0.717) is 0 Å². The molecule has 0 saturated carbocycles. The Labute approximate surface area is 75.3 Å². The molecule has 0 aliphatic carbocycles. The minimum absolute atomic E-state index is 0.160. The van der Waals surface area contributed by atoms with Crippen LogP contribution in [0, 0.1) is 0 Å². The zero-order valence-electron chi connectivity index (χ0n) is 7.27. The summed E-state index contributed by atoms with van der Waals surface area (Å²) >= 11 is 0. The van der Waals surface area contributed by atoms with Gasteiger partial charge in [-0.3, -0.25) is 9.59 Å². The van der Waals surface area contributed by atoms with E-state index in [1.807, 2.05) is 0 Å². The third-order valence-corrected chi connectivity index (χ3v) is 1.20. The molecule has 6 heteroatoms. The van der Waals surface area contributed by atoms with Crippen molar-refractivity contribution in [1.82, 2.24) is 0 Å². The molecule has 0 aromatic heterocycles. The van der Waals surface area contributed by atoms with Gasteiger partial charge in [-0.1, -0.05) is 0 Å². The number of rotatable bonds is 5. The Morgan fingerprint density at radius 1 is 1.54 bits per heavy atom. The van der Waals surface area contributed by atoms with Gasteiger partial charge >= 0.3 is 11.9 Å². The molecule has 4 N–H and O–H groups in total. The number of carbonyl (C=O) groups excluding carboxylic acids is 1. The Bertz CT molecular complexity index is 191. The maximum atomic E-state index is 10.7. The van der Waals surface area contributed by atoms with Gasteiger partial charge in [0.1, 0.15) is 12.6 Å². The van der Waals surface area contributed by atoms with Crippen molar-refractivity contribution in [2.75, 3.05) is 6.61 Å². The van der Waals surface area contributed by atoms with Crippen molar-refractivity contribution >= 4 is 11.9 Å². The second-order valence-corrected chi connectivity index (χ2v) is 2.68. The van der Waals surface area contributed by atoms with Crippen LogP contribution in [0.4, 0.5) is 0 Å². The van der Waals surface area contributed by atoms with Crippen LogP contribution >= 0.6 is 0 Å². The smallest absolute Gasteiger partial charge is 0.324 e. The van der Waals surface area contributed by atoms with Crippen molar-refractivity contribution in [1.29, 1.82) is 0 Å². The number of aliphatic hydroxyl groups excluding tert-OH is 1. The second-order valence-electron chi connectivity index (χ2n) is 2.68. The fraction of sp³-hybridized carbons (Fsp3) is 0.714. The fourth-order valence-electron chi connectivity index (χ4n) is 0.554. The predicted molar refractivity (Wildman–Crippen MR) is 42.9 cm³/mol. The molecule has 76 valence electrons. The Hall–Kier alpha value is -1.14. The van der Waals surface area contributed by atoms with Crippen LogP contribution in [0.2, 0.25) is 0 Å². The number of aliphatic hydroxyl groups is 1. The fourth-order valence-corrected chi connectivity index (χ4v) is 0.554. The van der Waals surface area contributed by atoms with E-state index in [4.69, 9.17) is 15.9 Å². The zero-order valence-corrected chi connectivity index (χ0v) is 7.27. The van der Waals surface area contributed by atoms with Gasteiger partial charge in [0.2, 0.25) is 0 Å². The number of hydrogen-bond acceptors (Lipinski definition) is 5. The largest absolute Gasteiger partial charge is 0.480 e. The summed E-state index contributed by atoms with van der Waals surface area (Å²) in [6.45, 7) is 1.05. The lowest BCUT2D eigenvalue weighted by atomic mass is 10.3. The van der Waals surface area contributed by atoms with E-state index >= 15 is 0 Å². The highest BCUT2D eigenvalue weighted by atomic mass is 16.5. The third-order valence-electron chi connectivity index (χ3n) is 1.20. The first-order valence-electron chi connectivity index (χ1n) is 3.75. The maximum absolute atomic E-state index is 10.7. The lowest BCUT2D eigenvalue weighted by Gasteiger charge is -2.08. The van der Waals surface area contributed by atoms with Gasteiger partial charge in [-0.25, -0.2) is 0 Å². The van der Waals surface area contributed by atoms with E-state index in [2.05, 4.69) is 4.74 Å². The number of nitrogens with two attached hydrogens (primary N) is 1. The first-order chi connectivity index (χ1) is 5.93. The Morgan fingerprint density at radius 3 is 2.46 bits per heavy atom. The molecule has 6 nitrogen and oxygen atoms in total. The molecular formula is C7H13NO5. The molecule has 13 heavy (non-hydrogen) atoms. The van der Waals surface area contributed by atoms with Gasteiger partial charge in [0.25, 0.3) is 0 Å². The quantitative estimate of drug-likeness (QED) is 0.466. The van der Waals surface area contributed by atoms with Crippen LogP contribution in [0.5, 0.6) is 0 Å². The molecule has 0 saturated heterocycles. The van der Waals surface area contributed by atoms with Crippen LogP contribution in [-0.4, -0.2) is 40.9 Å². The van der Waals surface area contributed by atoms with Gasteiger partial charge in [0.15, 0.2) is 0 Å². The molecule has 0 heterocycles. The minimum atomic E-state index is -1.23. The van der Waals surface area contributed by atoms with Crippen LogP contribution in [0.3, 0.4) is 0 Å². The van der Waals surface area contributed by atoms with E-state index in [1.165, 1.54) is 6.92 Å². The molecule has 0 rings (SSSR count). The molecule has 0 fully saturated rings. The van der Waals surface area contributed by atoms with Crippen LogP contribution < -0.4 is 5.73 Å². The number of aliphatic carboxylic acids is 1. The highest BCUT2D eigenvalue weighted by molar-refractivity contribution is 5.74. The monoisotopic (exact) mass is 191 g/mol. The van der Waals surface area contributed by atoms with E-state index in [9.17, 15) is 9.59 Å². The number of hydrogen-bond donors (Lipinski definition) is 3. The average Bonchev–Trinajstić information content (AvgIpc) is 1.98. The first-order valence-corrected chi connectivity index (χ1v) is 3.75. The Balaban J connectivity index is 3.64. The topological polar surface area (TPSA) is 110 Å². The summed E-state index contributed by atoms with van der Waals surface area (Å²) in [7, 11) is 0. The number of esters is 1. The lowest BCUT2D eigenvalue weighted by Crippen LogP contribution is -2.36. The standard InChI is InChI=1S/C7H13NO5/c1-4(9)2-6(10)13-3-5(8)7(11)12/h4-5,9H,2-3,8H2,1H3,(H,11,12)/t4-,5+/m1/s1. The van der Waals surface area contributed by atoms with Crippen molar-refractivity contribution < 1.29 is 24.5 Å². The molecular weight excluding hydrogens is 178 g/mol. The van der Waals surface area contributed by atoms with Crippen molar-refractivity contribution in [3.05, 3.63) is 0 Å². The first kappa shape index (κ1) is 11.9. The minimum Gasteiger partial charge on any atom is -0.480 e. The number of carbonyl (C=O) groups is 2. The summed E-state index contributed by atoms with van der Waals surface area (Å²) in [4.78, 5) is 20.9. The van der Waals surface area contributed by atoms with Gasteiger partial charge < -0.3 is 20.7 Å². The van der Waals surface area contributed by atoms with Crippen molar-refractivity contribution in [3.63, 3.8) is 0 Å². The van der Waals surface area contributed by atoms with Crippen LogP contribution in [-0.2, 0) is 14.3 Å². The molecule has 0 amide bonds. The number of ether oxygens (including phenoxy) is 1. The summed E-state index contributed by atoms with van der Waals surface area (Å²) < 4.78 is 4.47. The van der Waals surface area contributed by atoms with Crippen molar-refractivity contribution in [3.8, 4) is 0 Å². The molecule has 0 aromatic carbocycles. The molecule has 2 atom stereocenters.